The smallest absolute Gasteiger partial charge is 0.274 e. The van der Waals surface area contributed by atoms with Gasteiger partial charge < -0.3 is 19.6 Å². The van der Waals surface area contributed by atoms with Crippen LogP contribution in [0.5, 0.6) is 0 Å². The Hall–Kier alpha value is -2.09. The number of para-hydroxylation sites is 2. The summed E-state index contributed by atoms with van der Waals surface area (Å²) in [4.78, 5) is 25.5. The second kappa shape index (κ2) is 7.65. The summed E-state index contributed by atoms with van der Waals surface area (Å²) in [6, 6.07) is 7.44. The Labute approximate surface area is 140 Å². The summed E-state index contributed by atoms with van der Waals surface area (Å²) >= 11 is 0. The Morgan fingerprint density at radius 3 is 3.00 bits per heavy atom. The molecule has 1 aromatic heterocycles. The number of aromatic nitrogens is 2. The molecule has 1 aliphatic rings. The van der Waals surface area contributed by atoms with Crippen LogP contribution in [0.3, 0.4) is 0 Å². The lowest BCUT2D eigenvalue weighted by atomic mass is 10.2. The van der Waals surface area contributed by atoms with Gasteiger partial charge in [0.05, 0.1) is 43.1 Å². The molecule has 1 amide bonds. The molecule has 2 heterocycles. The van der Waals surface area contributed by atoms with Gasteiger partial charge in [-0.3, -0.25) is 9.78 Å². The zero-order valence-corrected chi connectivity index (χ0v) is 13.8. The number of hydrogen-bond acceptors (Lipinski definition) is 6. The minimum Gasteiger partial charge on any atom is -0.395 e. The van der Waals surface area contributed by atoms with Gasteiger partial charge in [-0.25, -0.2) is 4.98 Å². The third-order valence-electron chi connectivity index (χ3n) is 4.16. The van der Waals surface area contributed by atoms with Crippen molar-refractivity contribution in [3.63, 3.8) is 0 Å². The lowest BCUT2D eigenvalue weighted by molar-refractivity contribution is -0.0112. The summed E-state index contributed by atoms with van der Waals surface area (Å²) in [5, 5.41) is 9.05. The van der Waals surface area contributed by atoms with Gasteiger partial charge in [0.1, 0.15) is 5.69 Å². The van der Waals surface area contributed by atoms with Crippen molar-refractivity contribution in [2.24, 2.45) is 0 Å². The number of aliphatic hydroxyl groups excluding tert-OH is 1. The van der Waals surface area contributed by atoms with Gasteiger partial charge in [0, 0.05) is 19.6 Å². The molecule has 7 nitrogen and oxygen atoms in total. The Balaban J connectivity index is 1.79. The third-order valence-corrected chi connectivity index (χ3v) is 4.16. The van der Waals surface area contributed by atoms with Crippen molar-refractivity contribution in [2.75, 3.05) is 46.5 Å². The first-order valence-corrected chi connectivity index (χ1v) is 8.09. The molecule has 0 saturated carbocycles. The van der Waals surface area contributed by atoms with E-state index in [-0.39, 0.29) is 18.6 Å². The molecular weight excluding hydrogens is 308 g/mol. The normalized spacial score (nSPS) is 18.3. The van der Waals surface area contributed by atoms with E-state index in [2.05, 4.69) is 9.97 Å². The number of carbonyl (C=O) groups excluding carboxylic acids is 1. The molecule has 0 aliphatic carbocycles. The first-order chi connectivity index (χ1) is 11.7. The van der Waals surface area contributed by atoms with Crippen LogP contribution in [-0.2, 0) is 4.74 Å². The molecule has 1 atom stereocenters. The van der Waals surface area contributed by atoms with Crippen LogP contribution in [0, 0.1) is 0 Å². The minimum absolute atomic E-state index is 0.0592. The van der Waals surface area contributed by atoms with Crippen LogP contribution in [0.1, 0.15) is 10.5 Å². The molecule has 24 heavy (non-hydrogen) atoms. The van der Waals surface area contributed by atoms with Crippen LogP contribution in [-0.4, -0.2) is 83.3 Å². The number of benzene rings is 1. The molecule has 3 rings (SSSR count). The van der Waals surface area contributed by atoms with Gasteiger partial charge in [0.2, 0.25) is 0 Å². The maximum absolute atomic E-state index is 12.9. The highest BCUT2D eigenvalue weighted by Crippen LogP contribution is 2.14. The largest absolute Gasteiger partial charge is 0.395 e. The number of likely N-dealkylation sites (N-methyl/N-ethyl adjacent to an activating group) is 1. The standard InChI is InChI=1S/C17H22N4O3/c1-20(6-8-22)11-13-12-24-9-7-21(13)17(23)16-10-18-14-4-2-3-5-15(14)19-16/h2-5,10,13,22H,6-9,11-12H2,1H3. The highest BCUT2D eigenvalue weighted by molar-refractivity contribution is 5.94. The van der Waals surface area contributed by atoms with Crippen LogP contribution >= 0.6 is 0 Å². The van der Waals surface area contributed by atoms with Gasteiger partial charge in [-0.15, -0.1) is 0 Å². The molecule has 1 unspecified atom stereocenters. The zero-order valence-electron chi connectivity index (χ0n) is 13.8. The van der Waals surface area contributed by atoms with Crippen molar-refractivity contribution in [3.05, 3.63) is 36.2 Å². The van der Waals surface area contributed by atoms with Gasteiger partial charge in [-0.1, -0.05) is 12.1 Å². The van der Waals surface area contributed by atoms with Crippen molar-refractivity contribution in [1.29, 1.82) is 0 Å². The summed E-state index contributed by atoms with van der Waals surface area (Å²) in [5.74, 6) is -0.126. The van der Waals surface area contributed by atoms with Crippen molar-refractivity contribution >= 4 is 16.9 Å². The van der Waals surface area contributed by atoms with E-state index in [1.807, 2.05) is 36.2 Å². The number of rotatable bonds is 5. The number of hydrogen-bond donors (Lipinski definition) is 1. The fourth-order valence-electron chi connectivity index (χ4n) is 2.90. The highest BCUT2D eigenvalue weighted by atomic mass is 16.5. The molecule has 2 aromatic rings. The summed E-state index contributed by atoms with van der Waals surface area (Å²) in [6.45, 7) is 2.84. The second-order valence-electron chi connectivity index (χ2n) is 5.96. The molecule has 0 spiro atoms. The van der Waals surface area contributed by atoms with Crippen molar-refractivity contribution < 1.29 is 14.6 Å². The van der Waals surface area contributed by atoms with Gasteiger partial charge in [-0.05, 0) is 19.2 Å². The van der Waals surface area contributed by atoms with Gasteiger partial charge in [-0.2, -0.15) is 0 Å². The molecule has 1 saturated heterocycles. The van der Waals surface area contributed by atoms with E-state index in [1.165, 1.54) is 6.20 Å². The summed E-state index contributed by atoms with van der Waals surface area (Å²) < 4.78 is 5.53. The molecule has 7 heteroatoms. The number of ether oxygens (including phenoxy) is 1. The lowest BCUT2D eigenvalue weighted by Crippen LogP contribution is -2.53. The molecule has 0 bridgehead atoms. The predicted molar refractivity (Wildman–Crippen MR) is 89.8 cm³/mol. The van der Waals surface area contributed by atoms with Crippen LogP contribution in [0.2, 0.25) is 0 Å². The van der Waals surface area contributed by atoms with E-state index in [0.717, 1.165) is 5.52 Å². The SMILES string of the molecule is CN(CCO)CC1COCCN1C(=O)c1cnc2ccccc2n1. The molecule has 1 aliphatic heterocycles. The average Bonchev–Trinajstić information content (AvgIpc) is 2.61. The predicted octanol–water partition coefficient (Wildman–Crippen LogP) is 0.395. The Morgan fingerprint density at radius 1 is 1.42 bits per heavy atom. The summed E-state index contributed by atoms with van der Waals surface area (Å²) in [7, 11) is 1.92. The van der Waals surface area contributed by atoms with E-state index in [1.54, 1.807) is 4.90 Å². The van der Waals surface area contributed by atoms with Crippen LogP contribution in [0.25, 0.3) is 11.0 Å². The Morgan fingerprint density at radius 2 is 2.21 bits per heavy atom. The molecular formula is C17H22N4O3. The van der Waals surface area contributed by atoms with Crippen molar-refractivity contribution in [3.8, 4) is 0 Å². The van der Waals surface area contributed by atoms with E-state index in [4.69, 9.17) is 9.84 Å². The van der Waals surface area contributed by atoms with Crippen LogP contribution < -0.4 is 0 Å². The minimum atomic E-state index is -0.126. The number of aliphatic hydroxyl groups is 1. The highest BCUT2D eigenvalue weighted by Gasteiger charge is 2.29. The van der Waals surface area contributed by atoms with Crippen LogP contribution in [0.15, 0.2) is 30.5 Å². The molecule has 0 radical (unpaired) electrons. The number of morpholine rings is 1. The monoisotopic (exact) mass is 330 g/mol. The number of nitrogens with zero attached hydrogens (tertiary/aromatic N) is 4. The van der Waals surface area contributed by atoms with Crippen molar-refractivity contribution in [1.82, 2.24) is 19.8 Å². The number of carbonyl (C=O) groups is 1. The van der Waals surface area contributed by atoms with Gasteiger partial charge in [0.15, 0.2) is 0 Å². The number of fused-ring (bicyclic) bond motifs is 1. The second-order valence-corrected chi connectivity index (χ2v) is 5.96. The molecule has 1 N–H and O–H groups in total. The summed E-state index contributed by atoms with van der Waals surface area (Å²) in [5.41, 5.74) is 1.84. The topological polar surface area (TPSA) is 78.8 Å². The fraction of sp³-hybridized carbons (Fsp3) is 0.471. The maximum Gasteiger partial charge on any atom is 0.274 e. The zero-order chi connectivity index (χ0) is 16.9. The van der Waals surface area contributed by atoms with E-state index >= 15 is 0 Å². The van der Waals surface area contributed by atoms with Crippen LogP contribution in [0.4, 0.5) is 0 Å². The third kappa shape index (κ3) is 3.69. The van der Waals surface area contributed by atoms with Crippen molar-refractivity contribution in [2.45, 2.75) is 6.04 Å². The molecule has 1 aromatic carbocycles. The first-order valence-electron chi connectivity index (χ1n) is 8.09. The Kier molecular flexibility index (Phi) is 5.34. The van der Waals surface area contributed by atoms with Gasteiger partial charge in [0.25, 0.3) is 5.91 Å². The van der Waals surface area contributed by atoms with E-state index in [0.29, 0.717) is 44.1 Å². The number of amides is 1. The lowest BCUT2D eigenvalue weighted by Gasteiger charge is -2.37. The maximum atomic E-state index is 12.9. The quantitative estimate of drug-likeness (QED) is 0.855. The first kappa shape index (κ1) is 16.8. The molecule has 128 valence electrons. The molecule has 1 fully saturated rings. The summed E-state index contributed by atoms with van der Waals surface area (Å²) in [6.07, 6.45) is 1.54. The Bertz CT molecular complexity index is 709. The van der Waals surface area contributed by atoms with Gasteiger partial charge >= 0.3 is 0 Å². The van der Waals surface area contributed by atoms with E-state index < -0.39 is 0 Å². The average molecular weight is 330 g/mol. The fourth-order valence-corrected chi connectivity index (χ4v) is 2.90. The van der Waals surface area contributed by atoms with E-state index in [9.17, 15) is 4.79 Å².